The molecule has 0 fully saturated rings. The van der Waals surface area contributed by atoms with Crippen molar-refractivity contribution in [1.29, 1.82) is 0 Å². The molecule has 1 aromatic carbocycles. The lowest BCUT2D eigenvalue weighted by Gasteiger charge is -2.06. The van der Waals surface area contributed by atoms with Crippen molar-refractivity contribution in [3.8, 4) is 11.3 Å². The molecular formula is C13H15N3OS. The van der Waals surface area contributed by atoms with Crippen LogP contribution in [0.5, 0.6) is 0 Å². The summed E-state index contributed by atoms with van der Waals surface area (Å²) in [6.45, 7) is 2.11. The molecule has 2 aromatic rings. The summed E-state index contributed by atoms with van der Waals surface area (Å²) < 4.78 is 1.46. The first-order valence-corrected chi connectivity index (χ1v) is 6.66. The molecule has 0 atom stereocenters. The Morgan fingerprint density at radius 1 is 1.44 bits per heavy atom. The standard InChI is InChI=1S/C13H15N3OS/c1-3-18-10-6-4-5-9(7-10)11-8-16(2)13(17)12(14)15-11/h4-8H,3H2,1-2H3,(H2,14,15). The Bertz CT molecular complexity index is 596. The van der Waals surface area contributed by atoms with Gasteiger partial charge in [0.15, 0.2) is 5.82 Å². The molecule has 0 saturated carbocycles. The van der Waals surface area contributed by atoms with Gasteiger partial charge in [-0.1, -0.05) is 19.1 Å². The van der Waals surface area contributed by atoms with Crippen LogP contribution in [0.2, 0.25) is 0 Å². The van der Waals surface area contributed by atoms with Crippen molar-refractivity contribution < 1.29 is 0 Å². The summed E-state index contributed by atoms with van der Waals surface area (Å²) in [6.07, 6.45) is 1.70. The van der Waals surface area contributed by atoms with Crippen LogP contribution >= 0.6 is 11.8 Å². The van der Waals surface area contributed by atoms with Crippen LogP contribution in [-0.4, -0.2) is 15.3 Å². The fourth-order valence-corrected chi connectivity index (χ4v) is 2.40. The molecule has 0 saturated heterocycles. The molecule has 5 heteroatoms. The third-order valence-electron chi connectivity index (χ3n) is 2.54. The summed E-state index contributed by atoms with van der Waals surface area (Å²) in [5.41, 5.74) is 7.02. The minimum atomic E-state index is -0.266. The van der Waals surface area contributed by atoms with E-state index in [1.807, 2.05) is 12.1 Å². The van der Waals surface area contributed by atoms with Crippen molar-refractivity contribution >= 4 is 17.6 Å². The van der Waals surface area contributed by atoms with E-state index in [1.165, 1.54) is 9.46 Å². The van der Waals surface area contributed by atoms with Crippen molar-refractivity contribution in [3.05, 3.63) is 40.8 Å². The molecule has 0 aliphatic carbocycles. The first-order valence-electron chi connectivity index (χ1n) is 5.68. The lowest BCUT2D eigenvalue weighted by atomic mass is 10.1. The second-order valence-electron chi connectivity index (χ2n) is 3.89. The van der Waals surface area contributed by atoms with Crippen LogP contribution in [0.25, 0.3) is 11.3 Å². The van der Waals surface area contributed by atoms with Crippen LogP contribution < -0.4 is 11.3 Å². The van der Waals surface area contributed by atoms with Crippen molar-refractivity contribution in [2.45, 2.75) is 11.8 Å². The Kier molecular flexibility index (Phi) is 3.72. The average molecular weight is 261 g/mol. The maximum Gasteiger partial charge on any atom is 0.292 e. The van der Waals surface area contributed by atoms with Crippen LogP contribution in [0.4, 0.5) is 5.82 Å². The molecule has 0 radical (unpaired) electrons. The van der Waals surface area contributed by atoms with E-state index in [-0.39, 0.29) is 11.4 Å². The molecule has 94 valence electrons. The molecule has 0 aliphatic rings. The highest BCUT2D eigenvalue weighted by Gasteiger charge is 2.06. The number of aryl methyl sites for hydroxylation is 1. The van der Waals surface area contributed by atoms with Crippen molar-refractivity contribution in [3.63, 3.8) is 0 Å². The number of nitrogens with zero attached hydrogens (tertiary/aromatic N) is 2. The van der Waals surface area contributed by atoms with Gasteiger partial charge in [0.2, 0.25) is 0 Å². The van der Waals surface area contributed by atoms with Crippen LogP contribution in [0.3, 0.4) is 0 Å². The third kappa shape index (κ3) is 2.56. The Morgan fingerprint density at radius 3 is 2.89 bits per heavy atom. The number of hydrogen-bond acceptors (Lipinski definition) is 4. The number of benzene rings is 1. The number of rotatable bonds is 3. The number of anilines is 1. The van der Waals surface area contributed by atoms with E-state index < -0.39 is 0 Å². The van der Waals surface area contributed by atoms with Crippen LogP contribution in [0.1, 0.15) is 6.92 Å². The topological polar surface area (TPSA) is 60.9 Å². The molecule has 0 unspecified atom stereocenters. The predicted octanol–water partition coefficient (Wildman–Crippen LogP) is 2.14. The number of hydrogen-bond donors (Lipinski definition) is 1. The Hall–Kier alpha value is -1.75. The highest BCUT2D eigenvalue weighted by molar-refractivity contribution is 7.99. The molecule has 1 heterocycles. The number of thioether (sulfide) groups is 1. The minimum Gasteiger partial charge on any atom is -0.379 e. The quantitative estimate of drug-likeness (QED) is 0.860. The number of nitrogens with two attached hydrogens (primary N) is 1. The first kappa shape index (κ1) is 12.7. The van der Waals surface area contributed by atoms with Gasteiger partial charge >= 0.3 is 0 Å². The molecule has 0 aliphatic heterocycles. The Morgan fingerprint density at radius 2 is 2.22 bits per heavy atom. The predicted molar refractivity (Wildman–Crippen MR) is 75.7 cm³/mol. The summed E-state index contributed by atoms with van der Waals surface area (Å²) in [4.78, 5) is 16.8. The second kappa shape index (κ2) is 5.27. The van der Waals surface area contributed by atoms with Gasteiger partial charge in [-0.15, -0.1) is 11.8 Å². The number of nitrogen functional groups attached to an aromatic ring is 1. The van der Waals surface area contributed by atoms with E-state index in [2.05, 4.69) is 24.0 Å². The van der Waals surface area contributed by atoms with Gasteiger partial charge in [0.1, 0.15) is 0 Å². The molecule has 0 amide bonds. The average Bonchev–Trinajstić information content (AvgIpc) is 2.36. The fraction of sp³-hybridized carbons (Fsp3) is 0.231. The normalized spacial score (nSPS) is 10.6. The highest BCUT2D eigenvalue weighted by Crippen LogP contribution is 2.24. The lowest BCUT2D eigenvalue weighted by molar-refractivity contribution is 0.850. The maximum atomic E-state index is 11.5. The van der Waals surface area contributed by atoms with E-state index >= 15 is 0 Å². The van der Waals surface area contributed by atoms with E-state index in [4.69, 9.17) is 5.73 Å². The first-order chi connectivity index (χ1) is 8.61. The Balaban J connectivity index is 2.48. The summed E-state index contributed by atoms with van der Waals surface area (Å²) in [5, 5.41) is 0. The minimum absolute atomic E-state index is 0.0311. The van der Waals surface area contributed by atoms with E-state index in [9.17, 15) is 4.79 Å². The van der Waals surface area contributed by atoms with Crippen LogP contribution in [0, 0.1) is 0 Å². The monoisotopic (exact) mass is 261 g/mol. The highest BCUT2D eigenvalue weighted by atomic mass is 32.2. The SMILES string of the molecule is CCSc1cccc(-c2cn(C)c(=O)c(N)n2)c1. The summed E-state index contributed by atoms with van der Waals surface area (Å²) in [6, 6.07) is 8.06. The van der Waals surface area contributed by atoms with Crippen LogP contribution in [0.15, 0.2) is 40.2 Å². The summed E-state index contributed by atoms with van der Waals surface area (Å²) in [7, 11) is 1.68. The molecule has 0 bridgehead atoms. The molecule has 2 rings (SSSR count). The Labute approximate surface area is 110 Å². The van der Waals surface area contributed by atoms with E-state index in [0.29, 0.717) is 5.69 Å². The summed E-state index contributed by atoms with van der Waals surface area (Å²) >= 11 is 1.77. The van der Waals surface area contributed by atoms with Gasteiger partial charge in [0.05, 0.1) is 5.69 Å². The zero-order chi connectivity index (χ0) is 13.1. The lowest BCUT2D eigenvalue weighted by Crippen LogP contribution is -2.21. The van der Waals surface area contributed by atoms with Gasteiger partial charge in [-0.05, 0) is 17.9 Å². The zero-order valence-electron chi connectivity index (χ0n) is 10.4. The molecule has 4 nitrogen and oxygen atoms in total. The number of aromatic nitrogens is 2. The van der Waals surface area contributed by atoms with Gasteiger partial charge < -0.3 is 10.3 Å². The summed E-state index contributed by atoms with van der Waals surface area (Å²) in [5.74, 6) is 1.05. The molecule has 18 heavy (non-hydrogen) atoms. The smallest absolute Gasteiger partial charge is 0.292 e. The van der Waals surface area contributed by atoms with Gasteiger partial charge in [-0.25, -0.2) is 4.98 Å². The van der Waals surface area contributed by atoms with Crippen LogP contribution in [-0.2, 0) is 7.05 Å². The van der Waals surface area contributed by atoms with Crippen molar-refractivity contribution in [2.75, 3.05) is 11.5 Å². The molecule has 1 aromatic heterocycles. The zero-order valence-corrected chi connectivity index (χ0v) is 11.2. The fourth-order valence-electron chi connectivity index (χ4n) is 1.68. The van der Waals surface area contributed by atoms with Gasteiger partial charge in [0, 0.05) is 23.7 Å². The maximum absolute atomic E-state index is 11.5. The van der Waals surface area contributed by atoms with E-state index in [0.717, 1.165) is 11.3 Å². The van der Waals surface area contributed by atoms with E-state index in [1.54, 1.807) is 25.0 Å². The van der Waals surface area contributed by atoms with Crippen molar-refractivity contribution in [1.82, 2.24) is 9.55 Å². The largest absolute Gasteiger partial charge is 0.379 e. The van der Waals surface area contributed by atoms with Crippen molar-refractivity contribution in [2.24, 2.45) is 7.05 Å². The molecule has 0 spiro atoms. The third-order valence-corrected chi connectivity index (χ3v) is 3.41. The van der Waals surface area contributed by atoms with Gasteiger partial charge in [-0.2, -0.15) is 0 Å². The molecular weight excluding hydrogens is 246 g/mol. The molecule has 2 N–H and O–H groups in total. The second-order valence-corrected chi connectivity index (χ2v) is 5.23. The van der Waals surface area contributed by atoms with Gasteiger partial charge in [-0.3, -0.25) is 4.79 Å². The van der Waals surface area contributed by atoms with Gasteiger partial charge in [0.25, 0.3) is 5.56 Å².